The summed E-state index contributed by atoms with van der Waals surface area (Å²) >= 11 is 0. The van der Waals surface area contributed by atoms with Gasteiger partial charge in [0.25, 0.3) is 0 Å². The third kappa shape index (κ3) is 5.77. The van der Waals surface area contributed by atoms with Gasteiger partial charge in [-0.3, -0.25) is 0 Å². The molecule has 0 fully saturated rings. The molecule has 0 unspecified atom stereocenters. The van der Waals surface area contributed by atoms with Gasteiger partial charge in [-0.2, -0.15) is 5.26 Å². The molecule has 0 aliphatic carbocycles. The minimum atomic E-state index is -1.05. The van der Waals surface area contributed by atoms with Crippen LogP contribution in [0.5, 0.6) is 5.88 Å². The second-order valence-corrected chi connectivity index (χ2v) is 4.76. The lowest BCUT2D eigenvalue weighted by molar-refractivity contribution is -0.139. The second kappa shape index (κ2) is 8.90. The van der Waals surface area contributed by atoms with E-state index in [4.69, 9.17) is 19.9 Å². The number of aromatic nitrogens is 1. The lowest BCUT2D eigenvalue weighted by atomic mass is 10.2. The Morgan fingerprint density at radius 3 is 2.62 bits per heavy atom. The zero-order valence-electron chi connectivity index (χ0n) is 12.8. The minimum Gasteiger partial charge on any atom is -0.479 e. The molecule has 1 N–H and O–H groups in total. The van der Waals surface area contributed by atoms with Crippen LogP contribution in [-0.2, 0) is 22.7 Å². The molecule has 0 aliphatic rings. The molecule has 7 nitrogen and oxygen atoms in total. The van der Waals surface area contributed by atoms with Crippen LogP contribution >= 0.6 is 0 Å². The van der Waals surface area contributed by atoms with E-state index in [1.54, 1.807) is 36.7 Å². The number of carbonyl (C=O) groups is 1. The molecule has 0 amide bonds. The molecule has 1 aromatic carbocycles. The number of hydrogen-bond acceptors (Lipinski definition) is 6. The normalized spacial score (nSPS) is 10.3. The first-order chi connectivity index (χ1) is 11.7. The van der Waals surface area contributed by atoms with Gasteiger partial charge >= 0.3 is 5.97 Å². The molecule has 0 saturated heterocycles. The van der Waals surface area contributed by atoms with Gasteiger partial charge in [0.05, 0.1) is 11.6 Å². The van der Waals surface area contributed by atoms with Gasteiger partial charge in [-0.05, 0) is 23.3 Å². The fraction of sp³-hybridized carbons (Fsp3) is 0.176. The van der Waals surface area contributed by atoms with Crippen molar-refractivity contribution in [1.82, 2.24) is 4.98 Å². The Morgan fingerprint density at radius 1 is 1.25 bits per heavy atom. The van der Waals surface area contributed by atoms with E-state index in [2.05, 4.69) is 16.2 Å². The number of rotatable bonds is 8. The van der Waals surface area contributed by atoms with Crippen molar-refractivity contribution in [3.8, 4) is 11.9 Å². The Bertz CT molecular complexity index is 734. The zero-order valence-corrected chi connectivity index (χ0v) is 12.8. The monoisotopic (exact) mass is 325 g/mol. The van der Waals surface area contributed by atoms with Crippen molar-refractivity contribution in [2.45, 2.75) is 13.0 Å². The highest BCUT2D eigenvalue weighted by Crippen LogP contribution is 2.08. The van der Waals surface area contributed by atoms with E-state index in [0.29, 0.717) is 18.6 Å². The number of benzene rings is 1. The topological polar surface area (TPSA) is 105 Å². The highest BCUT2D eigenvalue weighted by Gasteiger charge is 2.00. The molecule has 0 bridgehead atoms. The maximum Gasteiger partial charge on any atom is 0.341 e. The number of nitriles is 1. The van der Waals surface area contributed by atoms with Crippen LogP contribution in [0.3, 0.4) is 0 Å². The lowest BCUT2D eigenvalue weighted by Gasteiger charge is -2.02. The molecule has 122 valence electrons. The Balaban J connectivity index is 1.73. The number of carboxylic acids is 1. The first-order valence-corrected chi connectivity index (χ1v) is 7.10. The van der Waals surface area contributed by atoms with E-state index in [1.807, 2.05) is 12.1 Å². The van der Waals surface area contributed by atoms with Crippen LogP contribution in [-0.4, -0.2) is 28.9 Å². The minimum absolute atomic E-state index is 0.259. The molecule has 0 atom stereocenters. The highest BCUT2D eigenvalue weighted by molar-refractivity contribution is 5.68. The fourth-order valence-corrected chi connectivity index (χ4v) is 1.74. The predicted octanol–water partition coefficient (Wildman–Crippen LogP) is 2.16. The van der Waals surface area contributed by atoms with Crippen molar-refractivity contribution < 1.29 is 19.5 Å². The zero-order chi connectivity index (χ0) is 17.2. The summed E-state index contributed by atoms with van der Waals surface area (Å²) < 4.78 is 4.94. The molecule has 0 aliphatic heterocycles. The van der Waals surface area contributed by atoms with Gasteiger partial charge in [0, 0.05) is 24.9 Å². The first kappa shape index (κ1) is 17.0. The SMILES string of the molecule is N#Cc1ccc(CON=CCc2ccc(OCC(=O)O)nc2)cc1. The maximum atomic E-state index is 10.4. The molecule has 2 rings (SSSR count). The molecular weight excluding hydrogens is 310 g/mol. The molecule has 1 aromatic heterocycles. The number of carboxylic acid groups (broad SMARTS) is 1. The van der Waals surface area contributed by atoms with Crippen LogP contribution in [0.25, 0.3) is 0 Å². The van der Waals surface area contributed by atoms with Crippen molar-refractivity contribution >= 4 is 12.2 Å². The van der Waals surface area contributed by atoms with Crippen molar-refractivity contribution in [2.24, 2.45) is 5.16 Å². The summed E-state index contributed by atoms with van der Waals surface area (Å²) in [4.78, 5) is 19.6. The molecule has 24 heavy (non-hydrogen) atoms. The average molecular weight is 325 g/mol. The van der Waals surface area contributed by atoms with Gasteiger partial charge in [0.2, 0.25) is 5.88 Å². The maximum absolute atomic E-state index is 10.4. The summed E-state index contributed by atoms with van der Waals surface area (Å²) in [6.45, 7) is -0.0978. The summed E-state index contributed by atoms with van der Waals surface area (Å²) in [7, 11) is 0. The number of ether oxygens (including phenoxy) is 1. The van der Waals surface area contributed by atoms with Crippen LogP contribution in [0.15, 0.2) is 47.8 Å². The Morgan fingerprint density at radius 2 is 2.00 bits per heavy atom. The van der Waals surface area contributed by atoms with E-state index in [1.165, 1.54) is 0 Å². The van der Waals surface area contributed by atoms with E-state index < -0.39 is 12.6 Å². The van der Waals surface area contributed by atoms with Gasteiger partial charge in [0.1, 0.15) is 6.61 Å². The molecule has 0 saturated carbocycles. The van der Waals surface area contributed by atoms with Crippen molar-refractivity contribution in [3.63, 3.8) is 0 Å². The van der Waals surface area contributed by atoms with E-state index in [9.17, 15) is 4.79 Å². The number of hydrogen-bond donors (Lipinski definition) is 1. The van der Waals surface area contributed by atoms with Crippen LogP contribution in [0.1, 0.15) is 16.7 Å². The van der Waals surface area contributed by atoms with Crippen molar-refractivity contribution in [3.05, 3.63) is 59.3 Å². The second-order valence-electron chi connectivity index (χ2n) is 4.76. The summed E-state index contributed by atoms with van der Waals surface area (Å²) in [6.07, 6.45) is 3.72. The van der Waals surface area contributed by atoms with E-state index >= 15 is 0 Å². The average Bonchev–Trinajstić information content (AvgIpc) is 2.61. The van der Waals surface area contributed by atoms with Crippen LogP contribution in [0.2, 0.25) is 0 Å². The highest BCUT2D eigenvalue weighted by atomic mass is 16.6. The molecule has 2 aromatic rings. The fourth-order valence-electron chi connectivity index (χ4n) is 1.74. The molecule has 0 spiro atoms. The summed E-state index contributed by atoms with van der Waals surface area (Å²) in [6, 6.07) is 12.5. The van der Waals surface area contributed by atoms with Gasteiger partial charge in [-0.1, -0.05) is 23.4 Å². The molecule has 7 heteroatoms. The number of aliphatic carboxylic acids is 1. The molecule has 1 heterocycles. The van der Waals surface area contributed by atoms with Crippen LogP contribution in [0, 0.1) is 11.3 Å². The quantitative estimate of drug-likeness (QED) is 0.589. The largest absolute Gasteiger partial charge is 0.479 e. The van der Waals surface area contributed by atoms with Gasteiger partial charge < -0.3 is 14.7 Å². The lowest BCUT2D eigenvalue weighted by Crippen LogP contribution is -2.10. The third-order valence-corrected chi connectivity index (χ3v) is 2.93. The van der Waals surface area contributed by atoms with Crippen molar-refractivity contribution in [2.75, 3.05) is 6.61 Å². The summed E-state index contributed by atoms with van der Waals surface area (Å²) in [5, 5.41) is 21.1. The van der Waals surface area contributed by atoms with Crippen LogP contribution < -0.4 is 4.74 Å². The van der Waals surface area contributed by atoms with E-state index in [-0.39, 0.29) is 5.88 Å². The van der Waals surface area contributed by atoms with Gasteiger partial charge in [-0.25, -0.2) is 9.78 Å². The number of pyridine rings is 1. The standard InChI is InChI=1S/C17H15N3O4/c18-9-13-1-3-15(4-2-13)11-24-20-8-7-14-5-6-16(19-10-14)23-12-17(21)22/h1-6,8,10H,7,11-12H2,(H,21,22). The third-order valence-electron chi connectivity index (χ3n) is 2.93. The van der Waals surface area contributed by atoms with E-state index in [0.717, 1.165) is 11.1 Å². The molecule has 0 radical (unpaired) electrons. The number of nitrogens with zero attached hydrogens (tertiary/aromatic N) is 3. The van der Waals surface area contributed by atoms with Gasteiger partial charge in [0.15, 0.2) is 6.61 Å². The number of oxime groups is 1. The summed E-state index contributed by atoms with van der Waals surface area (Å²) in [5.41, 5.74) is 2.42. The van der Waals surface area contributed by atoms with Crippen molar-refractivity contribution in [1.29, 1.82) is 5.26 Å². The van der Waals surface area contributed by atoms with Gasteiger partial charge in [-0.15, -0.1) is 0 Å². The Labute approximate surface area is 138 Å². The smallest absolute Gasteiger partial charge is 0.341 e. The predicted molar refractivity (Wildman–Crippen MR) is 85.5 cm³/mol. The Kier molecular flexibility index (Phi) is 6.29. The molecular formula is C17H15N3O4. The Hall–Kier alpha value is -3.40. The summed E-state index contributed by atoms with van der Waals surface area (Å²) in [5.74, 6) is -0.789. The van der Waals surface area contributed by atoms with Crippen LogP contribution in [0.4, 0.5) is 0 Å². The first-order valence-electron chi connectivity index (χ1n) is 7.10.